The van der Waals surface area contributed by atoms with Gasteiger partial charge >= 0.3 is 0 Å². The molecule has 3 rings (SSSR count). The summed E-state index contributed by atoms with van der Waals surface area (Å²) in [5.74, 6) is -4.21. The van der Waals surface area contributed by atoms with Gasteiger partial charge in [0.15, 0.2) is 0 Å². The number of hydrogen-bond donors (Lipinski definition) is 1. The summed E-state index contributed by atoms with van der Waals surface area (Å²) in [5, 5.41) is 13.6. The lowest BCUT2D eigenvalue weighted by molar-refractivity contribution is -0.385. The number of benzene rings is 2. The zero-order valence-electron chi connectivity index (χ0n) is 15.3. The number of nitrogens with zero attached hydrogens (tertiary/aromatic N) is 2. The van der Waals surface area contributed by atoms with E-state index in [2.05, 4.69) is 5.32 Å². The normalized spacial score (nSPS) is 15.1. The Bertz CT molecular complexity index is 1060. The number of hydrogen-bond acceptors (Lipinski definition) is 5. The van der Waals surface area contributed by atoms with Crippen LogP contribution in [0.2, 0.25) is 0 Å². The van der Waals surface area contributed by atoms with Crippen molar-refractivity contribution in [2.75, 3.05) is 0 Å². The molecule has 1 aliphatic rings. The van der Waals surface area contributed by atoms with Gasteiger partial charge in [0.25, 0.3) is 17.5 Å². The molecule has 0 fully saturated rings. The highest BCUT2D eigenvalue weighted by molar-refractivity contribution is 6.24. The predicted molar refractivity (Wildman–Crippen MR) is 96.0 cm³/mol. The second kappa shape index (κ2) is 7.38. The number of fused-ring (bicyclic) bond motifs is 1. The maximum Gasteiger partial charge on any atom is 0.282 e. The van der Waals surface area contributed by atoms with Crippen LogP contribution >= 0.6 is 0 Å². The fourth-order valence-corrected chi connectivity index (χ4v) is 3.17. The van der Waals surface area contributed by atoms with E-state index in [1.54, 1.807) is 0 Å². The molecule has 0 saturated carbocycles. The van der Waals surface area contributed by atoms with Gasteiger partial charge < -0.3 is 5.32 Å². The summed E-state index contributed by atoms with van der Waals surface area (Å²) in [4.78, 5) is 48.8. The van der Waals surface area contributed by atoms with E-state index >= 15 is 0 Å². The molecule has 0 aliphatic carbocycles. The first-order chi connectivity index (χ1) is 13.6. The highest BCUT2D eigenvalue weighted by atomic mass is 19.1. The quantitative estimate of drug-likeness (QED) is 0.469. The van der Waals surface area contributed by atoms with Crippen molar-refractivity contribution in [2.24, 2.45) is 0 Å². The molecule has 0 spiro atoms. The van der Waals surface area contributed by atoms with Gasteiger partial charge in [-0.1, -0.05) is 12.1 Å². The van der Waals surface area contributed by atoms with Crippen LogP contribution in [0.3, 0.4) is 0 Å². The molecular weight excluding hydrogens is 388 g/mol. The van der Waals surface area contributed by atoms with Crippen LogP contribution in [0.4, 0.5) is 14.5 Å². The van der Waals surface area contributed by atoms with Gasteiger partial charge in [0.05, 0.1) is 16.5 Å². The maximum atomic E-state index is 13.9. The maximum absolute atomic E-state index is 13.9. The molecule has 2 unspecified atom stereocenters. The number of carbonyl (C=O) groups is 3. The van der Waals surface area contributed by atoms with Gasteiger partial charge in [0.1, 0.15) is 23.2 Å². The van der Waals surface area contributed by atoms with Gasteiger partial charge in [-0.3, -0.25) is 29.4 Å². The largest absolute Gasteiger partial charge is 0.348 e. The molecule has 29 heavy (non-hydrogen) atoms. The molecule has 2 atom stereocenters. The van der Waals surface area contributed by atoms with Crippen LogP contribution in [0.1, 0.15) is 46.2 Å². The van der Waals surface area contributed by atoms with E-state index in [0.29, 0.717) is 11.0 Å². The van der Waals surface area contributed by atoms with Crippen molar-refractivity contribution in [1.29, 1.82) is 0 Å². The van der Waals surface area contributed by atoms with Crippen LogP contribution in [0.5, 0.6) is 0 Å². The van der Waals surface area contributed by atoms with Gasteiger partial charge in [0.2, 0.25) is 5.91 Å². The van der Waals surface area contributed by atoms with E-state index in [1.807, 2.05) is 0 Å². The summed E-state index contributed by atoms with van der Waals surface area (Å²) in [5.41, 5.74) is -1.05. The first kappa shape index (κ1) is 20.1. The number of rotatable bonds is 5. The number of amides is 3. The molecule has 2 aromatic carbocycles. The van der Waals surface area contributed by atoms with Crippen LogP contribution in [-0.2, 0) is 4.79 Å². The summed E-state index contributed by atoms with van der Waals surface area (Å²) in [6.45, 7) is 2.73. The fraction of sp³-hybridized carbons (Fsp3) is 0.211. The highest BCUT2D eigenvalue weighted by Gasteiger charge is 2.45. The lowest BCUT2D eigenvalue weighted by atomic mass is 10.1. The van der Waals surface area contributed by atoms with Crippen molar-refractivity contribution in [3.05, 3.63) is 74.8 Å². The van der Waals surface area contributed by atoms with E-state index in [0.717, 1.165) is 12.1 Å². The Morgan fingerprint density at radius 3 is 2.45 bits per heavy atom. The van der Waals surface area contributed by atoms with Crippen LogP contribution < -0.4 is 5.32 Å². The molecule has 1 aliphatic heterocycles. The standard InChI is InChI=1S/C19H15F2N3O5/c1-9(12-7-6-11(20)8-14(12)21)22-17(25)10(2)23-18(26)13-4-3-5-15(24(28)29)16(13)19(23)27/h3-10H,1-2H3,(H,22,25). The molecule has 8 nitrogen and oxygen atoms in total. The highest BCUT2D eigenvalue weighted by Crippen LogP contribution is 2.32. The minimum atomic E-state index is -1.31. The van der Waals surface area contributed by atoms with Crippen LogP contribution in [0.15, 0.2) is 36.4 Å². The molecule has 0 radical (unpaired) electrons. The Balaban J connectivity index is 1.83. The summed E-state index contributed by atoms with van der Waals surface area (Å²) in [6.07, 6.45) is 0. The number of halogens is 2. The van der Waals surface area contributed by atoms with Gasteiger partial charge in [-0.15, -0.1) is 0 Å². The lowest BCUT2D eigenvalue weighted by Crippen LogP contribution is -2.48. The molecule has 0 aromatic heterocycles. The summed E-state index contributed by atoms with van der Waals surface area (Å²) >= 11 is 0. The summed E-state index contributed by atoms with van der Waals surface area (Å²) < 4.78 is 27.0. The molecule has 0 saturated heterocycles. The minimum absolute atomic E-state index is 0.0185. The third kappa shape index (κ3) is 3.44. The Morgan fingerprint density at radius 1 is 1.14 bits per heavy atom. The molecule has 150 valence electrons. The molecule has 10 heteroatoms. The molecule has 1 heterocycles. The van der Waals surface area contributed by atoms with E-state index < -0.39 is 52.1 Å². The third-order valence-electron chi connectivity index (χ3n) is 4.68. The van der Waals surface area contributed by atoms with Crippen LogP contribution in [0, 0.1) is 21.7 Å². The van der Waals surface area contributed by atoms with E-state index in [1.165, 1.54) is 32.0 Å². The molecule has 0 bridgehead atoms. The fourth-order valence-electron chi connectivity index (χ4n) is 3.17. The average molecular weight is 403 g/mol. The predicted octanol–water partition coefficient (Wildman–Crippen LogP) is 2.73. The lowest BCUT2D eigenvalue weighted by Gasteiger charge is -2.24. The average Bonchev–Trinajstić information content (AvgIpc) is 2.91. The van der Waals surface area contributed by atoms with Crippen molar-refractivity contribution < 1.29 is 28.1 Å². The van der Waals surface area contributed by atoms with E-state index in [4.69, 9.17) is 0 Å². The number of nitro benzene ring substituents is 1. The SMILES string of the molecule is CC(NC(=O)C(C)N1C(=O)c2cccc([N+](=O)[O-])c2C1=O)c1ccc(F)cc1F. The minimum Gasteiger partial charge on any atom is -0.348 e. The van der Waals surface area contributed by atoms with Crippen molar-refractivity contribution in [1.82, 2.24) is 10.2 Å². The summed E-state index contributed by atoms with van der Waals surface area (Å²) in [7, 11) is 0. The van der Waals surface area contributed by atoms with Crippen molar-refractivity contribution in [3.8, 4) is 0 Å². The smallest absolute Gasteiger partial charge is 0.282 e. The number of carbonyl (C=O) groups excluding carboxylic acids is 3. The van der Waals surface area contributed by atoms with Crippen molar-refractivity contribution >= 4 is 23.4 Å². The van der Waals surface area contributed by atoms with Gasteiger partial charge in [-0.25, -0.2) is 8.78 Å². The monoisotopic (exact) mass is 403 g/mol. The zero-order chi connectivity index (χ0) is 21.5. The third-order valence-corrected chi connectivity index (χ3v) is 4.68. The Morgan fingerprint density at radius 2 is 1.83 bits per heavy atom. The first-order valence-electron chi connectivity index (χ1n) is 8.54. The van der Waals surface area contributed by atoms with Crippen LogP contribution in [-0.4, -0.2) is 33.6 Å². The molecule has 3 amide bonds. The number of imide groups is 1. The van der Waals surface area contributed by atoms with E-state index in [-0.39, 0.29) is 16.7 Å². The summed E-state index contributed by atoms with van der Waals surface area (Å²) in [6, 6.07) is 4.32. The molecular formula is C19H15F2N3O5. The molecule has 1 N–H and O–H groups in total. The number of nitrogens with one attached hydrogen (secondary N) is 1. The first-order valence-corrected chi connectivity index (χ1v) is 8.54. The zero-order valence-corrected chi connectivity index (χ0v) is 15.3. The Kier molecular flexibility index (Phi) is 5.10. The Hall–Kier alpha value is -3.69. The van der Waals surface area contributed by atoms with E-state index in [9.17, 15) is 33.3 Å². The topological polar surface area (TPSA) is 110 Å². The second-order valence-corrected chi connectivity index (χ2v) is 6.51. The van der Waals surface area contributed by atoms with Gasteiger partial charge in [-0.05, 0) is 26.0 Å². The van der Waals surface area contributed by atoms with Crippen molar-refractivity contribution in [2.45, 2.75) is 25.9 Å². The number of nitro groups is 1. The van der Waals surface area contributed by atoms with Gasteiger partial charge in [0, 0.05) is 17.7 Å². The van der Waals surface area contributed by atoms with Crippen molar-refractivity contribution in [3.63, 3.8) is 0 Å². The second-order valence-electron chi connectivity index (χ2n) is 6.51. The molecule has 2 aromatic rings. The Labute approximate surface area is 163 Å². The van der Waals surface area contributed by atoms with Gasteiger partial charge in [-0.2, -0.15) is 0 Å². The van der Waals surface area contributed by atoms with Crippen LogP contribution in [0.25, 0.3) is 0 Å².